The van der Waals surface area contributed by atoms with Gasteiger partial charge in [-0.2, -0.15) is 18.3 Å². The zero-order valence-corrected chi connectivity index (χ0v) is 20.8. The van der Waals surface area contributed by atoms with Crippen molar-refractivity contribution in [3.05, 3.63) is 77.2 Å². The third kappa shape index (κ3) is 4.96. The molecule has 2 amide bonds. The van der Waals surface area contributed by atoms with E-state index in [0.29, 0.717) is 42.9 Å². The van der Waals surface area contributed by atoms with Gasteiger partial charge in [-0.05, 0) is 54.7 Å². The Morgan fingerprint density at radius 3 is 2.42 bits per heavy atom. The third-order valence-electron chi connectivity index (χ3n) is 6.95. The second-order valence-corrected chi connectivity index (χ2v) is 9.29. The van der Waals surface area contributed by atoms with Crippen molar-refractivity contribution in [1.82, 2.24) is 19.7 Å². The van der Waals surface area contributed by atoms with E-state index in [-0.39, 0.29) is 17.5 Å². The number of piperidine rings is 1. The number of nitrogens with zero attached hydrogens (tertiary/aromatic N) is 3. The molecule has 0 bridgehead atoms. The number of benzene rings is 2. The second-order valence-electron chi connectivity index (χ2n) is 9.29. The number of H-pyrrole nitrogens is 1. The number of hydrogen-bond donors (Lipinski definition) is 2. The monoisotopic (exact) mass is 525 g/mol. The first-order chi connectivity index (χ1) is 18.1. The first-order valence-corrected chi connectivity index (χ1v) is 12.1. The molecular formula is C27H26F3N5O3. The van der Waals surface area contributed by atoms with Crippen LogP contribution in [-0.4, -0.2) is 51.7 Å². The normalized spacial score (nSPS) is 14.6. The third-order valence-corrected chi connectivity index (χ3v) is 6.95. The van der Waals surface area contributed by atoms with Gasteiger partial charge in [0.25, 0.3) is 11.8 Å². The van der Waals surface area contributed by atoms with Crippen LogP contribution in [0.5, 0.6) is 5.75 Å². The van der Waals surface area contributed by atoms with E-state index < -0.39 is 17.8 Å². The van der Waals surface area contributed by atoms with Crippen LogP contribution in [0.1, 0.15) is 50.9 Å². The van der Waals surface area contributed by atoms with Crippen molar-refractivity contribution in [3.63, 3.8) is 0 Å². The summed E-state index contributed by atoms with van der Waals surface area (Å²) in [4.78, 5) is 30.4. The Labute approximate surface area is 216 Å². The molecule has 8 nitrogen and oxygen atoms in total. The lowest BCUT2D eigenvalue weighted by Gasteiger charge is -2.32. The molecule has 2 aromatic carbocycles. The van der Waals surface area contributed by atoms with E-state index in [9.17, 15) is 22.8 Å². The summed E-state index contributed by atoms with van der Waals surface area (Å²) in [5.74, 6) is 0.159. The van der Waals surface area contributed by atoms with E-state index in [0.717, 1.165) is 27.2 Å². The molecule has 1 aliphatic rings. The van der Waals surface area contributed by atoms with Gasteiger partial charge >= 0.3 is 6.18 Å². The van der Waals surface area contributed by atoms with Crippen molar-refractivity contribution in [3.8, 4) is 5.75 Å². The highest BCUT2D eigenvalue weighted by Crippen LogP contribution is 2.32. The Hall–Kier alpha value is -4.28. The van der Waals surface area contributed by atoms with E-state index in [4.69, 9.17) is 4.74 Å². The minimum Gasteiger partial charge on any atom is -0.497 e. The molecule has 11 heteroatoms. The molecule has 0 unspecified atom stereocenters. The summed E-state index contributed by atoms with van der Waals surface area (Å²) in [5.41, 5.74) is 1.92. The molecule has 1 aliphatic heterocycles. The second kappa shape index (κ2) is 9.88. The number of rotatable bonds is 5. The van der Waals surface area contributed by atoms with Gasteiger partial charge in [0.1, 0.15) is 11.4 Å². The molecule has 2 aromatic heterocycles. The number of methoxy groups -OCH3 is 1. The molecule has 0 atom stereocenters. The van der Waals surface area contributed by atoms with Crippen LogP contribution in [0, 0.1) is 0 Å². The van der Waals surface area contributed by atoms with Gasteiger partial charge in [-0.15, -0.1) is 0 Å². The number of nitrogens with one attached hydrogen (secondary N) is 2. The highest BCUT2D eigenvalue weighted by Gasteiger charge is 2.36. The SMILES string of the molecule is COc1ccc2[nH]cc(C(=O)Nc3ccc(C4CCN(C(=O)c5cc(C(F)(F)F)nn5C)CC4)cc3)c2c1. The van der Waals surface area contributed by atoms with E-state index in [1.807, 2.05) is 42.5 Å². The van der Waals surface area contributed by atoms with E-state index in [1.165, 1.54) is 7.05 Å². The van der Waals surface area contributed by atoms with Crippen LogP contribution in [0.4, 0.5) is 18.9 Å². The molecule has 38 heavy (non-hydrogen) atoms. The number of carbonyl (C=O) groups excluding carboxylic acids is 2. The number of fused-ring (bicyclic) bond motifs is 1. The molecule has 1 fully saturated rings. The first kappa shape index (κ1) is 25.4. The summed E-state index contributed by atoms with van der Waals surface area (Å²) in [5, 5.41) is 7.12. The van der Waals surface area contributed by atoms with E-state index in [2.05, 4.69) is 15.4 Å². The number of anilines is 1. The Bertz CT molecular complexity index is 1480. The minimum absolute atomic E-state index is 0.0792. The maximum absolute atomic E-state index is 13.0. The fourth-order valence-electron chi connectivity index (χ4n) is 4.84. The zero-order chi connectivity index (χ0) is 27.0. The van der Waals surface area contributed by atoms with Crippen molar-refractivity contribution < 1.29 is 27.5 Å². The summed E-state index contributed by atoms with van der Waals surface area (Å²) in [7, 11) is 2.91. The lowest BCUT2D eigenvalue weighted by Crippen LogP contribution is -2.38. The Kier molecular flexibility index (Phi) is 6.60. The number of halogens is 3. The van der Waals surface area contributed by atoms with Crippen LogP contribution in [0.15, 0.2) is 54.7 Å². The Balaban J connectivity index is 1.20. The standard InChI is InChI=1S/C27H26F3N5O3/c1-34-23(14-24(33-34)27(28,29)30)26(37)35-11-9-17(10-12-35)16-3-5-18(6-4-16)32-25(36)21-15-31-22-8-7-19(38-2)13-20(21)22/h3-8,13-15,17,31H,9-12H2,1-2H3,(H,32,36). The number of aromatic nitrogens is 3. The Morgan fingerprint density at radius 2 is 1.79 bits per heavy atom. The molecule has 1 saturated heterocycles. The van der Waals surface area contributed by atoms with Crippen LogP contribution in [0.25, 0.3) is 10.9 Å². The van der Waals surface area contributed by atoms with Crippen molar-refractivity contribution in [2.45, 2.75) is 24.9 Å². The largest absolute Gasteiger partial charge is 0.497 e. The first-order valence-electron chi connectivity index (χ1n) is 12.1. The maximum Gasteiger partial charge on any atom is 0.435 e. The number of carbonyl (C=O) groups is 2. The molecular weight excluding hydrogens is 499 g/mol. The molecule has 3 heterocycles. The van der Waals surface area contributed by atoms with Gasteiger partial charge in [-0.3, -0.25) is 14.3 Å². The van der Waals surface area contributed by atoms with Crippen molar-refractivity contribution >= 4 is 28.4 Å². The van der Waals surface area contributed by atoms with Gasteiger partial charge in [0.05, 0.1) is 12.7 Å². The van der Waals surface area contributed by atoms with E-state index in [1.54, 1.807) is 18.2 Å². The predicted molar refractivity (Wildman–Crippen MR) is 135 cm³/mol. The summed E-state index contributed by atoms with van der Waals surface area (Å²) in [6.45, 7) is 0.858. The topological polar surface area (TPSA) is 92.2 Å². The van der Waals surface area contributed by atoms with Crippen LogP contribution in [0.3, 0.4) is 0 Å². The van der Waals surface area contributed by atoms with Gasteiger partial charge in [-0.25, -0.2) is 0 Å². The quantitative estimate of drug-likeness (QED) is 0.375. The molecule has 5 rings (SSSR count). The number of hydrogen-bond acceptors (Lipinski definition) is 4. The molecule has 0 radical (unpaired) electrons. The average molecular weight is 526 g/mol. The van der Waals surface area contributed by atoms with Crippen LogP contribution < -0.4 is 10.1 Å². The Morgan fingerprint density at radius 1 is 1.08 bits per heavy atom. The average Bonchev–Trinajstić information content (AvgIpc) is 3.52. The van der Waals surface area contributed by atoms with Gasteiger partial charge < -0.3 is 19.9 Å². The minimum atomic E-state index is -4.60. The molecule has 0 aliphatic carbocycles. The van der Waals surface area contributed by atoms with Crippen molar-refractivity contribution in [1.29, 1.82) is 0 Å². The fraction of sp³-hybridized carbons (Fsp3) is 0.296. The van der Waals surface area contributed by atoms with Gasteiger partial charge in [0, 0.05) is 49.0 Å². The summed E-state index contributed by atoms with van der Waals surface area (Å²) in [6, 6.07) is 13.9. The lowest BCUT2D eigenvalue weighted by molar-refractivity contribution is -0.141. The number of amides is 2. The lowest BCUT2D eigenvalue weighted by atomic mass is 9.89. The molecule has 0 saturated carbocycles. The van der Waals surface area contributed by atoms with Gasteiger partial charge in [0.2, 0.25) is 0 Å². The maximum atomic E-state index is 13.0. The van der Waals surface area contributed by atoms with Crippen LogP contribution in [0.2, 0.25) is 0 Å². The summed E-state index contributed by atoms with van der Waals surface area (Å²) < 4.78 is 45.1. The van der Waals surface area contributed by atoms with Crippen molar-refractivity contribution in [2.24, 2.45) is 7.05 Å². The molecule has 4 aromatic rings. The van der Waals surface area contributed by atoms with Crippen LogP contribution >= 0.6 is 0 Å². The fourth-order valence-corrected chi connectivity index (χ4v) is 4.84. The van der Waals surface area contributed by atoms with E-state index >= 15 is 0 Å². The summed E-state index contributed by atoms with van der Waals surface area (Å²) in [6.07, 6.45) is -1.58. The van der Waals surface area contributed by atoms with Crippen molar-refractivity contribution in [2.75, 3.05) is 25.5 Å². The van der Waals surface area contributed by atoms with Gasteiger partial charge in [0.15, 0.2) is 5.69 Å². The molecule has 0 spiro atoms. The number of aromatic amines is 1. The smallest absolute Gasteiger partial charge is 0.435 e. The zero-order valence-electron chi connectivity index (χ0n) is 20.8. The van der Waals surface area contributed by atoms with Crippen LogP contribution in [-0.2, 0) is 13.2 Å². The number of aryl methyl sites for hydroxylation is 1. The summed E-state index contributed by atoms with van der Waals surface area (Å²) >= 11 is 0. The number of alkyl halides is 3. The van der Waals surface area contributed by atoms with Gasteiger partial charge in [-0.1, -0.05) is 12.1 Å². The number of likely N-dealkylation sites (tertiary alicyclic amines) is 1. The predicted octanol–water partition coefficient (Wildman–Crippen LogP) is 5.20. The molecule has 198 valence electrons. The highest BCUT2D eigenvalue weighted by atomic mass is 19.4. The number of ether oxygens (including phenoxy) is 1. The molecule has 2 N–H and O–H groups in total. The highest BCUT2D eigenvalue weighted by molar-refractivity contribution is 6.13.